The van der Waals surface area contributed by atoms with Crippen LogP contribution in [0.3, 0.4) is 0 Å². The van der Waals surface area contributed by atoms with Gasteiger partial charge in [-0.3, -0.25) is 19.4 Å². The largest absolute Gasteiger partial charge is 0.504 e. The van der Waals surface area contributed by atoms with Gasteiger partial charge in [-0.1, -0.05) is 25.3 Å². The highest BCUT2D eigenvalue weighted by Gasteiger charge is 2.26. The first-order valence-corrected chi connectivity index (χ1v) is 11.3. The molecule has 1 aliphatic rings. The quantitative estimate of drug-likeness (QED) is 0.312. The summed E-state index contributed by atoms with van der Waals surface area (Å²) in [5.41, 5.74) is 1.79. The lowest BCUT2D eigenvalue weighted by Gasteiger charge is -2.23. The highest BCUT2D eigenvalue weighted by Crippen LogP contribution is 2.42. The minimum atomic E-state index is -0.548. The lowest BCUT2D eigenvalue weighted by molar-refractivity contribution is 0.335. The number of hydrogen-bond donors (Lipinski definition) is 4. The molecule has 1 fully saturated rings. The van der Waals surface area contributed by atoms with Gasteiger partial charge in [-0.25, -0.2) is 0 Å². The third kappa shape index (κ3) is 2.86. The molecule has 174 valence electrons. The van der Waals surface area contributed by atoms with Crippen LogP contribution >= 0.6 is 0 Å². The van der Waals surface area contributed by atoms with E-state index in [1.54, 1.807) is 18.2 Å². The van der Waals surface area contributed by atoms with Gasteiger partial charge in [-0.15, -0.1) is 0 Å². The Balaban J connectivity index is 1.78. The van der Waals surface area contributed by atoms with Crippen LogP contribution in [0, 0.1) is 0 Å². The van der Waals surface area contributed by atoms with Crippen molar-refractivity contribution in [3.05, 3.63) is 50.9 Å². The number of phenolic OH excluding ortho intramolecular Hbond substituents is 2. The maximum absolute atomic E-state index is 13.3. The van der Waals surface area contributed by atoms with Gasteiger partial charge in [-0.05, 0) is 42.7 Å². The molecule has 0 aliphatic heterocycles. The van der Waals surface area contributed by atoms with Crippen LogP contribution in [0.2, 0.25) is 0 Å². The van der Waals surface area contributed by atoms with E-state index in [0.29, 0.717) is 38.6 Å². The van der Waals surface area contributed by atoms with Crippen LogP contribution in [0.4, 0.5) is 0 Å². The van der Waals surface area contributed by atoms with Crippen molar-refractivity contribution < 1.29 is 19.4 Å². The summed E-state index contributed by atoms with van der Waals surface area (Å²) in [6.45, 7) is 0. The van der Waals surface area contributed by atoms with E-state index in [0.717, 1.165) is 25.7 Å². The fraction of sp³-hybridized carbons (Fsp3) is 0.280. The molecule has 6 rings (SSSR count). The number of aromatic amines is 2. The molecule has 2 aromatic carbocycles. The van der Waals surface area contributed by atoms with Crippen molar-refractivity contribution in [1.29, 1.82) is 0 Å². The van der Waals surface area contributed by atoms with Gasteiger partial charge in [-0.2, -0.15) is 0 Å². The van der Waals surface area contributed by atoms with Crippen LogP contribution < -0.4 is 15.7 Å². The summed E-state index contributed by atoms with van der Waals surface area (Å²) < 4.78 is 13.2. The molecule has 5 aromatic rings. The molecule has 9 heteroatoms. The van der Waals surface area contributed by atoms with Gasteiger partial charge >= 0.3 is 0 Å². The smallest absolute Gasteiger partial charge is 0.274 e. The molecule has 1 aliphatic carbocycles. The Kier molecular flexibility index (Phi) is 4.48. The average molecular weight is 461 g/mol. The number of pyridine rings is 1. The van der Waals surface area contributed by atoms with E-state index >= 15 is 0 Å². The molecule has 9 nitrogen and oxygen atoms in total. The van der Waals surface area contributed by atoms with Gasteiger partial charge in [0.25, 0.3) is 5.56 Å². The van der Waals surface area contributed by atoms with Gasteiger partial charge < -0.3 is 24.4 Å². The van der Waals surface area contributed by atoms with Crippen LogP contribution in [-0.2, 0) is 0 Å². The maximum atomic E-state index is 13.3. The van der Waals surface area contributed by atoms with E-state index in [4.69, 9.17) is 9.15 Å². The summed E-state index contributed by atoms with van der Waals surface area (Å²) in [6, 6.07) is 7.84. The normalized spacial score (nSPS) is 15.0. The molecule has 0 amide bonds. The number of aromatic nitrogens is 3. The highest BCUT2D eigenvalue weighted by molar-refractivity contribution is 6.15. The number of ether oxygens (including phenoxy) is 1. The molecule has 1 saturated carbocycles. The number of nitrogens with zero attached hydrogens (tertiary/aromatic N) is 1. The zero-order valence-electron chi connectivity index (χ0n) is 18.5. The minimum absolute atomic E-state index is 0.0341. The van der Waals surface area contributed by atoms with Crippen LogP contribution in [0.5, 0.6) is 17.2 Å². The summed E-state index contributed by atoms with van der Waals surface area (Å²) >= 11 is 0. The first-order chi connectivity index (χ1) is 16.5. The lowest BCUT2D eigenvalue weighted by Crippen LogP contribution is -2.16. The monoisotopic (exact) mass is 461 g/mol. The molecule has 0 spiro atoms. The Hall–Kier alpha value is -4.14. The van der Waals surface area contributed by atoms with Crippen LogP contribution in [0.15, 0.2) is 44.3 Å². The molecular formula is C25H23N3O6. The molecule has 0 radical (unpaired) electrons. The van der Waals surface area contributed by atoms with Crippen molar-refractivity contribution in [1.82, 2.24) is 14.8 Å². The van der Waals surface area contributed by atoms with Gasteiger partial charge in [0, 0.05) is 10.9 Å². The third-order valence-electron chi connectivity index (χ3n) is 6.85. The first kappa shape index (κ1) is 20.5. The number of nitrogens with one attached hydrogen (secondary N) is 2. The fourth-order valence-corrected chi connectivity index (χ4v) is 5.19. The Labute approximate surface area is 192 Å². The number of aromatic hydroxyl groups is 2. The van der Waals surface area contributed by atoms with Crippen molar-refractivity contribution in [3.63, 3.8) is 0 Å². The number of H-pyrrole nitrogens is 2. The molecule has 3 aromatic heterocycles. The molecule has 0 bridgehead atoms. The summed E-state index contributed by atoms with van der Waals surface area (Å²) in [6.07, 6.45) is 5.27. The van der Waals surface area contributed by atoms with E-state index < -0.39 is 11.2 Å². The van der Waals surface area contributed by atoms with Crippen molar-refractivity contribution in [3.8, 4) is 28.4 Å². The van der Waals surface area contributed by atoms with E-state index in [2.05, 4.69) is 10.1 Å². The van der Waals surface area contributed by atoms with Crippen molar-refractivity contribution in [2.24, 2.45) is 0 Å². The first-order valence-electron chi connectivity index (χ1n) is 11.3. The van der Waals surface area contributed by atoms with Gasteiger partial charge in [0.15, 0.2) is 22.7 Å². The SMILES string of the molecule is COc1cc(-c2c3oc4c(O)c(=O)ccc4c3[nH]c3c2c(=O)[nH]n3C2CCCCC2)ccc1O. The number of benzene rings is 2. The van der Waals surface area contributed by atoms with Crippen molar-refractivity contribution in [2.75, 3.05) is 7.11 Å². The summed E-state index contributed by atoms with van der Waals surface area (Å²) in [5, 5.41) is 24.5. The zero-order chi connectivity index (χ0) is 23.6. The Morgan fingerprint density at radius 3 is 2.62 bits per heavy atom. The van der Waals surface area contributed by atoms with E-state index in [9.17, 15) is 19.8 Å². The van der Waals surface area contributed by atoms with Crippen molar-refractivity contribution >= 4 is 33.1 Å². The van der Waals surface area contributed by atoms with Crippen LogP contribution in [-0.4, -0.2) is 32.1 Å². The maximum Gasteiger partial charge on any atom is 0.274 e. The summed E-state index contributed by atoms with van der Waals surface area (Å²) in [4.78, 5) is 28.7. The highest BCUT2D eigenvalue weighted by atomic mass is 16.5. The summed E-state index contributed by atoms with van der Waals surface area (Å²) in [7, 11) is 1.45. The molecular weight excluding hydrogens is 438 g/mol. The standard InChI is InChI=1S/C25H23N3O6/c1-33-17-11-12(7-9-15(17)29)18-19-24(28(27-25(19)32)13-5-3-2-4-6-13)26-20-14-8-10-16(30)21(31)22(14)34-23(18)20/h7-11,13,26,29,31H,2-6H2,1H3,(H,27,32). The van der Waals surface area contributed by atoms with E-state index in [1.165, 1.54) is 25.7 Å². The van der Waals surface area contributed by atoms with Crippen molar-refractivity contribution in [2.45, 2.75) is 38.1 Å². The number of fused-ring (bicyclic) bond motifs is 4. The number of hydrogen-bond acceptors (Lipinski definition) is 6. The van der Waals surface area contributed by atoms with Crippen LogP contribution in [0.1, 0.15) is 38.1 Å². The molecule has 4 N–H and O–H groups in total. The topological polar surface area (TPSA) is 133 Å². The predicted octanol–water partition coefficient (Wildman–Crippen LogP) is 4.51. The number of rotatable bonds is 3. The second-order valence-corrected chi connectivity index (χ2v) is 8.81. The second-order valence-electron chi connectivity index (χ2n) is 8.81. The number of phenols is 2. The Bertz CT molecular complexity index is 1700. The Morgan fingerprint density at radius 2 is 1.85 bits per heavy atom. The minimum Gasteiger partial charge on any atom is -0.504 e. The van der Waals surface area contributed by atoms with Gasteiger partial charge in [0.2, 0.25) is 11.2 Å². The molecule has 3 heterocycles. The Morgan fingerprint density at radius 1 is 1.06 bits per heavy atom. The van der Waals surface area contributed by atoms with E-state index in [-0.39, 0.29) is 28.7 Å². The van der Waals surface area contributed by atoms with Gasteiger partial charge in [0.05, 0.1) is 24.1 Å². The molecule has 0 unspecified atom stereocenters. The zero-order valence-corrected chi connectivity index (χ0v) is 18.5. The number of methoxy groups -OCH3 is 1. The number of furan rings is 1. The average Bonchev–Trinajstić information content (AvgIpc) is 3.39. The van der Waals surface area contributed by atoms with Gasteiger partial charge in [0.1, 0.15) is 5.65 Å². The lowest BCUT2D eigenvalue weighted by atomic mass is 9.95. The molecule has 34 heavy (non-hydrogen) atoms. The molecule has 0 saturated heterocycles. The second kappa shape index (κ2) is 7.44. The summed E-state index contributed by atoms with van der Waals surface area (Å²) in [5.74, 6) is -0.270. The third-order valence-corrected chi connectivity index (χ3v) is 6.85. The van der Waals surface area contributed by atoms with Crippen LogP contribution in [0.25, 0.3) is 44.2 Å². The van der Waals surface area contributed by atoms with E-state index in [1.807, 2.05) is 4.68 Å². The predicted molar refractivity (Wildman–Crippen MR) is 128 cm³/mol. The molecule has 0 atom stereocenters. The fourth-order valence-electron chi connectivity index (χ4n) is 5.19.